The second-order valence-electron chi connectivity index (χ2n) is 9.35. The highest BCUT2D eigenvalue weighted by Gasteiger charge is 2.46. The minimum absolute atomic E-state index is 0.0475. The van der Waals surface area contributed by atoms with Crippen LogP contribution in [-0.4, -0.2) is 41.8 Å². The lowest BCUT2D eigenvalue weighted by molar-refractivity contribution is -0.142. The zero-order valence-electron chi connectivity index (χ0n) is 18.8. The van der Waals surface area contributed by atoms with Crippen LogP contribution in [0, 0.1) is 11.7 Å². The van der Waals surface area contributed by atoms with Gasteiger partial charge in [0.1, 0.15) is 23.8 Å². The molecule has 2 heterocycles. The van der Waals surface area contributed by atoms with Crippen molar-refractivity contribution in [2.24, 2.45) is 5.92 Å². The maximum Gasteiger partial charge on any atom is 0.227 e. The molecule has 0 bridgehead atoms. The lowest BCUT2D eigenvalue weighted by atomic mass is 9.83. The Hall–Kier alpha value is -2.97. The first-order valence-corrected chi connectivity index (χ1v) is 11.9. The van der Waals surface area contributed by atoms with Crippen LogP contribution in [0.5, 0.6) is 5.75 Å². The topological polar surface area (TPSA) is 96.9 Å². The Bertz CT molecular complexity index is 1070. The number of nitrogens with one attached hydrogen (secondary N) is 2. The van der Waals surface area contributed by atoms with E-state index in [-0.39, 0.29) is 55.1 Å². The molecule has 0 unspecified atom stereocenters. The fourth-order valence-electron chi connectivity index (χ4n) is 5.00. The van der Waals surface area contributed by atoms with E-state index in [2.05, 4.69) is 10.6 Å². The fourth-order valence-corrected chi connectivity index (χ4v) is 5.00. The zero-order valence-corrected chi connectivity index (χ0v) is 18.8. The van der Waals surface area contributed by atoms with E-state index in [9.17, 15) is 19.1 Å². The first-order chi connectivity index (χ1) is 16.5. The third-order valence-corrected chi connectivity index (χ3v) is 7.09. The van der Waals surface area contributed by atoms with Crippen LogP contribution < -0.4 is 15.4 Å². The molecule has 1 saturated heterocycles. The minimum atomic E-state index is -0.566. The van der Waals surface area contributed by atoms with Gasteiger partial charge < -0.3 is 25.2 Å². The van der Waals surface area contributed by atoms with Gasteiger partial charge in [0.15, 0.2) is 0 Å². The number of rotatable bonds is 7. The predicted molar refractivity (Wildman–Crippen MR) is 123 cm³/mol. The fraction of sp³-hybridized carbons (Fsp3) is 0.462. The number of fused-ring (bicyclic) bond motifs is 3. The smallest absolute Gasteiger partial charge is 0.227 e. The third kappa shape index (κ3) is 4.65. The number of aliphatic hydroxyl groups excluding tert-OH is 1. The molecule has 1 aliphatic carbocycles. The summed E-state index contributed by atoms with van der Waals surface area (Å²) >= 11 is 0. The molecule has 3 N–H and O–H groups in total. The predicted octanol–water partition coefficient (Wildman–Crippen LogP) is 3.27. The lowest BCUT2D eigenvalue weighted by Gasteiger charge is -2.37. The van der Waals surface area contributed by atoms with Gasteiger partial charge >= 0.3 is 0 Å². The molecule has 2 fully saturated rings. The van der Waals surface area contributed by atoms with Crippen LogP contribution in [0.2, 0.25) is 0 Å². The van der Waals surface area contributed by atoms with Gasteiger partial charge in [-0.25, -0.2) is 4.39 Å². The molecule has 5 rings (SSSR count). The summed E-state index contributed by atoms with van der Waals surface area (Å²) in [6, 6.07) is 11.9. The summed E-state index contributed by atoms with van der Waals surface area (Å²) < 4.78 is 25.9. The molecule has 4 atom stereocenters. The molecule has 180 valence electrons. The van der Waals surface area contributed by atoms with E-state index in [0.717, 1.165) is 30.5 Å². The largest absolute Gasteiger partial charge is 0.487 e. The van der Waals surface area contributed by atoms with Crippen LogP contribution in [0.3, 0.4) is 0 Å². The minimum Gasteiger partial charge on any atom is -0.487 e. The average molecular weight is 469 g/mol. The van der Waals surface area contributed by atoms with Crippen molar-refractivity contribution < 1.29 is 28.6 Å². The molecule has 2 amide bonds. The van der Waals surface area contributed by atoms with Gasteiger partial charge in [0.2, 0.25) is 11.8 Å². The van der Waals surface area contributed by atoms with Crippen LogP contribution in [0.4, 0.5) is 10.1 Å². The van der Waals surface area contributed by atoms with Crippen molar-refractivity contribution in [3.05, 3.63) is 59.4 Å². The van der Waals surface area contributed by atoms with Gasteiger partial charge in [-0.1, -0.05) is 24.6 Å². The zero-order chi connectivity index (χ0) is 23.7. The molecule has 2 aromatic rings. The van der Waals surface area contributed by atoms with Crippen molar-refractivity contribution in [2.75, 3.05) is 11.9 Å². The maximum atomic E-state index is 13.8. The first-order valence-electron chi connectivity index (χ1n) is 11.9. The standard InChI is InChI=1S/C26H29FN2O5/c27-21-7-2-1-4-16(21)13-28-24(31)12-18-11-20-19-10-17(29-26(32)15-5-3-6-15)8-9-22(19)34-25(20)23(14-30)33-18/h1-2,4,7-10,15,18,20,23,25,30H,3,5-6,11-14H2,(H,28,31)(H,29,32)/t18-,20-,23+,25+/m1/s1. The van der Waals surface area contributed by atoms with Gasteiger partial charge in [-0.05, 0) is 43.5 Å². The lowest BCUT2D eigenvalue weighted by Crippen LogP contribution is -2.47. The summed E-state index contributed by atoms with van der Waals surface area (Å²) in [5, 5.41) is 15.7. The molecule has 0 aromatic heterocycles. The van der Waals surface area contributed by atoms with Crippen molar-refractivity contribution in [1.29, 1.82) is 0 Å². The molecule has 7 nitrogen and oxygen atoms in total. The molecule has 34 heavy (non-hydrogen) atoms. The summed E-state index contributed by atoms with van der Waals surface area (Å²) in [7, 11) is 0. The van der Waals surface area contributed by atoms with E-state index in [1.165, 1.54) is 6.07 Å². The summed E-state index contributed by atoms with van der Waals surface area (Å²) in [6.45, 7) is -0.128. The monoisotopic (exact) mass is 468 g/mol. The van der Waals surface area contributed by atoms with Crippen molar-refractivity contribution >= 4 is 17.5 Å². The SMILES string of the molecule is O=C(C[C@H]1C[C@@H]2c3cc(NC(=O)C4CCC4)ccc3O[C@@H]2[C@H](CO)O1)NCc1ccccc1F. The number of amides is 2. The Balaban J connectivity index is 1.24. The number of aliphatic hydroxyl groups is 1. The molecule has 2 aliphatic heterocycles. The van der Waals surface area contributed by atoms with Crippen molar-refractivity contribution in [3.8, 4) is 5.75 Å². The number of hydrogen-bond acceptors (Lipinski definition) is 5. The number of carbonyl (C=O) groups excluding carboxylic acids is 2. The van der Waals surface area contributed by atoms with E-state index in [4.69, 9.17) is 9.47 Å². The number of hydrogen-bond donors (Lipinski definition) is 3. The Kier molecular flexibility index (Phi) is 6.52. The average Bonchev–Trinajstić information content (AvgIpc) is 3.15. The van der Waals surface area contributed by atoms with E-state index in [0.29, 0.717) is 17.7 Å². The molecule has 0 radical (unpaired) electrons. The normalized spacial score (nSPS) is 25.5. The molecule has 8 heteroatoms. The van der Waals surface area contributed by atoms with Gasteiger partial charge in [-0.15, -0.1) is 0 Å². The van der Waals surface area contributed by atoms with E-state index >= 15 is 0 Å². The van der Waals surface area contributed by atoms with Crippen molar-refractivity contribution in [2.45, 2.75) is 62.9 Å². The molecule has 2 aromatic carbocycles. The Morgan fingerprint density at radius 2 is 1.97 bits per heavy atom. The van der Waals surface area contributed by atoms with Gasteiger partial charge in [0.25, 0.3) is 0 Å². The molecular formula is C26H29FN2O5. The maximum absolute atomic E-state index is 13.8. The number of ether oxygens (including phenoxy) is 2. The molecular weight excluding hydrogens is 439 g/mol. The van der Waals surface area contributed by atoms with E-state index in [1.807, 2.05) is 18.2 Å². The van der Waals surface area contributed by atoms with Crippen LogP contribution in [0.1, 0.15) is 49.1 Å². The number of carbonyl (C=O) groups is 2. The molecule has 0 spiro atoms. The van der Waals surface area contributed by atoms with Crippen LogP contribution >= 0.6 is 0 Å². The third-order valence-electron chi connectivity index (χ3n) is 7.09. The number of halogens is 1. The van der Waals surface area contributed by atoms with Crippen LogP contribution in [0.25, 0.3) is 0 Å². The van der Waals surface area contributed by atoms with Crippen molar-refractivity contribution in [3.63, 3.8) is 0 Å². The van der Waals surface area contributed by atoms with Crippen LogP contribution in [-0.2, 0) is 20.9 Å². The number of anilines is 1. The second-order valence-corrected chi connectivity index (χ2v) is 9.35. The molecule has 3 aliphatic rings. The molecule has 1 saturated carbocycles. The van der Waals surface area contributed by atoms with Gasteiger partial charge in [0, 0.05) is 35.2 Å². The quantitative estimate of drug-likeness (QED) is 0.580. The first kappa shape index (κ1) is 22.8. The van der Waals surface area contributed by atoms with Crippen molar-refractivity contribution in [1.82, 2.24) is 5.32 Å². The summed E-state index contributed by atoms with van der Waals surface area (Å²) in [6.07, 6.45) is 2.27. The summed E-state index contributed by atoms with van der Waals surface area (Å²) in [4.78, 5) is 24.9. The van der Waals surface area contributed by atoms with Gasteiger partial charge in [-0.2, -0.15) is 0 Å². The summed E-state index contributed by atoms with van der Waals surface area (Å²) in [5.74, 6) is 0.177. The Morgan fingerprint density at radius 1 is 1.15 bits per heavy atom. The van der Waals surface area contributed by atoms with E-state index in [1.54, 1.807) is 18.2 Å². The van der Waals surface area contributed by atoms with E-state index < -0.39 is 12.2 Å². The summed E-state index contributed by atoms with van der Waals surface area (Å²) in [5.41, 5.74) is 2.10. The van der Waals surface area contributed by atoms with Gasteiger partial charge in [0.05, 0.1) is 19.1 Å². The van der Waals surface area contributed by atoms with Crippen LogP contribution in [0.15, 0.2) is 42.5 Å². The Labute approximate surface area is 197 Å². The second kappa shape index (κ2) is 9.72. The van der Waals surface area contributed by atoms with Gasteiger partial charge in [-0.3, -0.25) is 9.59 Å². The Morgan fingerprint density at radius 3 is 2.71 bits per heavy atom. The number of benzene rings is 2. The highest BCUT2D eigenvalue weighted by atomic mass is 19.1. The highest BCUT2D eigenvalue weighted by molar-refractivity contribution is 5.93. The highest BCUT2D eigenvalue weighted by Crippen LogP contribution is 2.47.